The summed E-state index contributed by atoms with van der Waals surface area (Å²) in [4.78, 5) is 13.2. The highest BCUT2D eigenvalue weighted by atomic mass is 35.5. The van der Waals surface area contributed by atoms with E-state index in [2.05, 4.69) is 4.74 Å². The van der Waals surface area contributed by atoms with Gasteiger partial charge in [-0.15, -0.1) is 0 Å². The van der Waals surface area contributed by atoms with Crippen LogP contribution in [0, 0.1) is 11.3 Å². The van der Waals surface area contributed by atoms with E-state index < -0.39 is 0 Å². The van der Waals surface area contributed by atoms with Crippen molar-refractivity contribution in [3.8, 4) is 6.07 Å². The normalized spacial score (nSPS) is 9.85. The fourth-order valence-electron chi connectivity index (χ4n) is 1.56. The largest absolute Gasteiger partial charge is 0.465 e. The van der Waals surface area contributed by atoms with E-state index in [0.29, 0.717) is 16.1 Å². The van der Waals surface area contributed by atoms with Crippen molar-refractivity contribution >= 4 is 29.3 Å². The monoisotopic (exact) mass is 303 g/mol. The summed E-state index contributed by atoms with van der Waals surface area (Å²) in [5.41, 5.74) is 0.965. The van der Waals surface area contributed by atoms with Crippen LogP contribution in [0.1, 0.15) is 15.9 Å². The van der Waals surface area contributed by atoms with Gasteiger partial charge in [0.15, 0.2) is 0 Å². The zero-order valence-corrected chi connectivity index (χ0v) is 12.2. The van der Waals surface area contributed by atoms with E-state index in [1.807, 2.05) is 24.3 Å². The third-order valence-corrected chi connectivity index (χ3v) is 3.88. The maximum absolute atomic E-state index is 11.3. The van der Waals surface area contributed by atoms with Crippen molar-refractivity contribution in [1.82, 2.24) is 0 Å². The fourth-order valence-corrected chi connectivity index (χ4v) is 2.71. The summed E-state index contributed by atoms with van der Waals surface area (Å²) in [6.07, 6.45) is 0. The van der Waals surface area contributed by atoms with Crippen molar-refractivity contribution in [2.24, 2.45) is 0 Å². The third kappa shape index (κ3) is 3.32. The van der Waals surface area contributed by atoms with E-state index in [9.17, 15) is 4.79 Å². The van der Waals surface area contributed by atoms with Gasteiger partial charge < -0.3 is 4.74 Å². The number of benzene rings is 2. The number of hydrogen-bond donors (Lipinski definition) is 0. The maximum atomic E-state index is 11.3. The van der Waals surface area contributed by atoms with Gasteiger partial charge in [0.2, 0.25) is 0 Å². The minimum absolute atomic E-state index is 0.358. The Kier molecular flexibility index (Phi) is 4.67. The number of nitrogens with zero attached hydrogens (tertiary/aromatic N) is 1. The summed E-state index contributed by atoms with van der Waals surface area (Å²) in [5.74, 6) is -0.358. The Balaban J connectivity index is 2.16. The topological polar surface area (TPSA) is 50.1 Å². The first-order valence-corrected chi connectivity index (χ1v) is 6.89. The predicted octanol–water partition coefficient (Wildman–Crippen LogP) is 4.15. The molecule has 0 saturated carbocycles. The standard InChI is InChI=1S/C15H10ClNO2S/c1-19-15(18)10-2-5-12(6-3-10)20-13-7-4-11(9-17)14(16)8-13/h2-8H,1H3. The maximum Gasteiger partial charge on any atom is 0.337 e. The number of ether oxygens (including phenoxy) is 1. The van der Waals surface area contributed by atoms with E-state index in [1.165, 1.54) is 18.9 Å². The number of halogens is 1. The summed E-state index contributed by atoms with van der Waals surface area (Å²) in [5, 5.41) is 9.25. The van der Waals surface area contributed by atoms with Gasteiger partial charge in [0.1, 0.15) is 6.07 Å². The molecule has 2 rings (SSSR count). The second-order valence-electron chi connectivity index (χ2n) is 3.87. The molecule has 2 aromatic carbocycles. The number of carbonyl (C=O) groups is 1. The number of esters is 1. The SMILES string of the molecule is COC(=O)c1ccc(Sc2ccc(C#N)c(Cl)c2)cc1. The van der Waals surface area contributed by atoms with Gasteiger partial charge in [-0.05, 0) is 42.5 Å². The first-order valence-electron chi connectivity index (χ1n) is 5.70. The number of nitriles is 1. The molecular formula is C15H10ClNO2S. The van der Waals surface area contributed by atoms with Gasteiger partial charge in [0.25, 0.3) is 0 Å². The molecule has 0 saturated heterocycles. The zero-order valence-electron chi connectivity index (χ0n) is 10.6. The highest BCUT2D eigenvalue weighted by Crippen LogP contribution is 2.30. The van der Waals surface area contributed by atoms with Gasteiger partial charge >= 0.3 is 5.97 Å². The Labute approximate surface area is 126 Å². The molecule has 0 spiro atoms. The van der Waals surface area contributed by atoms with Crippen LogP contribution < -0.4 is 0 Å². The van der Waals surface area contributed by atoms with Gasteiger partial charge in [-0.3, -0.25) is 0 Å². The zero-order chi connectivity index (χ0) is 14.5. The molecule has 0 aliphatic carbocycles. The van der Waals surface area contributed by atoms with Gasteiger partial charge in [0.05, 0.1) is 23.3 Å². The summed E-state index contributed by atoms with van der Waals surface area (Å²) in [6, 6.07) is 14.4. The van der Waals surface area contributed by atoms with Crippen molar-refractivity contribution in [3.63, 3.8) is 0 Å². The van der Waals surface area contributed by atoms with Crippen LogP contribution >= 0.6 is 23.4 Å². The van der Waals surface area contributed by atoms with Crippen molar-refractivity contribution in [2.75, 3.05) is 7.11 Å². The Morgan fingerprint density at radius 1 is 1.20 bits per heavy atom. The number of carbonyl (C=O) groups excluding carboxylic acids is 1. The first kappa shape index (κ1) is 14.4. The lowest BCUT2D eigenvalue weighted by atomic mass is 10.2. The van der Waals surface area contributed by atoms with Crippen LogP contribution in [0.4, 0.5) is 0 Å². The van der Waals surface area contributed by atoms with Gasteiger partial charge in [0, 0.05) is 9.79 Å². The molecule has 0 bridgehead atoms. The smallest absolute Gasteiger partial charge is 0.337 e. The second kappa shape index (κ2) is 6.47. The molecule has 0 radical (unpaired) electrons. The van der Waals surface area contributed by atoms with Crippen LogP contribution in [-0.2, 0) is 4.74 Å². The van der Waals surface area contributed by atoms with E-state index >= 15 is 0 Å². The summed E-state index contributed by atoms with van der Waals surface area (Å²) in [6.45, 7) is 0. The molecule has 0 aliphatic rings. The lowest BCUT2D eigenvalue weighted by Crippen LogP contribution is -2.00. The Bertz CT molecular complexity index is 677. The van der Waals surface area contributed by atoms with E-state index in [-0.39, 0.29) is 5.97 Å². The minimum Gasteiger partial charge on any atom is -0.465 e. The summed E-state index contributed by atoms with van der Waals surface area (Å²) < 4.78 is 4.64. The lowest BCUT2D eigenvalue weighted by molar-refractivity contribution is 0.0600. The third-order valence-electron chi connectivity index (χ3n) is 2.57. The van der Waals surface area contributed by atoms with E-state index in [1.54, 1.807) is 24.3 Å². The van der Waals surface area contributed by atoms with E-state index in [0.717, 1.165) is 9.79 Å². The molecule has 5 heteroatoms. The number of rotatable bonds is 3. The van der Waals surface area contributed by atoms with Gasteiger partial charge in [-0.1, -0.05) is 23.4 Å². The number of methoxy groups -OCH3 is 1. The van der Waals surface area contributed by atoms with Crippen LogP contribution in [-0.4, -0.2) is 13.1 Å². The summed E-state index contributed by atoms with van der Waals surface area (Å²) >= 11 is 7.49. The Morgan fingerprint density at radius 2 is 1.85 bits per heavy atom. The lowest BCUT2D eigenvalue weighted by Gasteiger charge is -2.04. The minimum atomic E-state index is -0.358. The molecule has 2 aromatic rings. The van der Waals surface area contributed by atoms with Gasteiger partial charge in [-0.25, -0.2) is 4.79 Å². The van der Waals surface area contributed by atoms with Crippen LogP contribution in [0.2, 0.25) is 5.02 Å². The van der Waals surface area contributed by atoms with Crippen LogP contribution in [0.15, 0.2) is 52.3 Å². The predicted molar refractivity (Wildman–Crippen MR) is 78.1 cm³/mol. The van der Waals surface area contributed by atoms with Crippen molar-refractivity contribution < 1.29 is 9.53 Å². The second-order valence-corrected chi connectivity index (χ2v) is 5.43. The Hall–Kier alpha value is -1.96. The highest BCUT2D eigenvalue weighted by Gasteiger charge is 2.06. The number of hydrogen-bond acceptors (Lipinski definition) is 4. The summed E-state index contributed by atoms with van der Waals surface area (Å²) in [7, 11) is 1.35. The van der Waals surface area contributed by atoms with Crippen LogP contribution in [0.25, 0.3) is 0 Å². The molecule has 0 fully saturated rings. The first-order chi connectivity index (χ1) is 9.63. The molecule has 0 unspecified atom stereocenters. The van der Waals surface area contributed by atoms with E-state index in [4.69, 9.17) is 16.9 Å². The molecule has 0 amide bonds. The average molecular weight is 304 g/mol. The van der Waals surface area contributed by atoms with Crippen molar-refractivity contribution in [1.29, 1.82) is 5.26 Å². The molecule has 100 valence electrons. The molecule has 20 heavy (non-hydrogen) atoms. The fraction of sp³-hybridized carbons (Fsp3) is 0.0667. The Morgan fingerprint density at radius 3 is 2.40 bits per heavy atom. The highest BCUT2D eigenvalue weighted by molar-refractivity contribution is 7.99. The van der Waals surface area contributed by atoms with Gasteiger partial charge in [-0.2, -0.15) is 5.26 Å². The van der Waals surface area contributed by atoms with Crippen molar-refractivity contribution in [2.45, 2.75) is 9.79 Å². The molecular weight excluding hydrogens is 294 g/mol. The molecule has 0 aliphatic heterocycles. The molecule has 0 N–H and O–H groups in total. The van der Waals surface area contributed by atoms with Crippen LogP contribution in [0.5, 0.6) is 0 Å². The molecule has 0 aromatic heterocycles. The average Bonchev–Trinajstić information content (AvgIpc) is 2.47. The molecule has 0 atom stereocenters. The molecule has 0 heterocycles. The van der Waals surface area contributed by atoms with Crippen molar-refractivity contribution in [3.05, 3.63) is 58.6 Å². The quantitative estimate of drug-likeness (QED) is 0.799. The molecule has 3 nitrogen and oxygen atoms in total. The van der Waals surface area contributed by atoms with Crippen LogP contribution in [0.3, 0.4) is 0 Å².